The molecule has 6 nitrogen and oxygen atoms in total. The van der Waals surface area contributed by atoms with Crippen molar-refractivity contribution in [3.05, 3.63) is 67.0 Å². The first-order valence-electron chi connectivity index (χ1n) is 11.2. The fraction of sp³-hybridized carbons (Fsp3) is 0.308. The molecule has 0 N–H and O–H groups in total. The Morgan fingerprint density at radius 3 is 2.62 bits per heavy atom. The first kappa shape index (κ1) is 20.2. The molecule has 0 saturated heterocycles. The fourth-order valence-corrected chi connectivity index (χ4v) is 4.39. The Morgan fingerprint density at radius 1 is 1.09 bits per heavy atom. The van der Waals surface area contributed by atoms with Crippen molar-refractivity contribution < 1.29 is 0 Å². The number of fused-ring (bicyclic) bond motifs is 1. The van der Waals surface area contributed by atoms with Crippen molar-refractivity contribution in [3.63, 3.8) is 0 Å². The quantitative estimate of drug-likeness (QED) is 0.418. The minimum absolute atomic E-state index is 0.111. The summed E-state index contributed by atoms with van der Waals surface area (Å²) in [6, 6.07) is 11.0. The van der Waals surface area contributed by atoms with E-state index in [2.05, 4.69) is 66.7 Å². The van der Waals surface area contributed by atoms with Gasteiger partial charge in [-0.15, -0.1) is 0 Å². The lowest BCUT2D eigenvalue weighted by molar-refractivity contribution is 0.483. The third kappa shape index (κ3) is 3.82. The molecule has 1 aromatic carbocycles. The molecule has 1 unspecified atom stereocenters. The van der Waals surface area contributed by atoms with E-state index >= 15 is 0 Å². The summed E-state index contributed by atoms with van der Waals surface area (Å²) in [5.74, 6) is 0.675. The van der Waals surface area contributed by atoms with Crippen LogP contribution in [0.25, 0.3) is 33.3 Å². The Hall–Kier alpha value is -3.72. The molecule has 0 amide bonds. The van der Waals surface area contributed by atoms with Crippen LogP contribution in [0.1, 0.15) is 38.8 Å². The number of nitriles is 1. The Labute approximate surface area is 187 Å². The largest absolute Gasteiger partial charge is 0.272 e. The molecular formula is C26H26N6. The van der Waals surface area contributed by atoms with Gasteiger partial charge in [-0.25, -0.2) is 4.52 Å². The van der Waals surface area contributed by atoms with Crippen LogP contribution in [0.5, 0.6) is 0 Å². The summed E-state index contributed by atoms with van der Waals surface area (Å²) in [4.78, 5) is 4.71. The number of nitrogens with zero attached hydrogens (tertiary/aromatic N) is 6. The second-order valence-electron chi connectivity index (χ2n) is 8.88. The molecule has 0 fully saturated rings. The Balaban J connectivity index is 1.48. The zero-order chi connectivity index (χ0) is 22.1. The van der Waals surface area contributed by atoms with E-state index < -0.39 is 0 Å². The number of aromatic nitrogens is 5. The third-order valence-corrected chi connectivity index (χ3v) is 6.04. The van der Waals surface area contributed by atoms with Crippen molar-refractivity contribution in [1.29, 1.82) is 5.26 Å². The number of benzene rings is 1. The second-order valence-corrected chi connectivity index (χ2v) is 8.88. The van der Waals surface area contributed by atoms with E-state index in [-0.39, 0.29) is 5.92 Å². The van der Waals surface area contributed by atoms with E-state index in [4.69, 9.17) is 4.98 Å². The molecule has 1 aliphatic rings. The maximum absolute atomic E-state index is 9.21. The normalized spacial score (nSPS) is 16.3. The smallest absolute Gasteiger partial charge is 0.0999 e. The van der Waals surface area contributed by atoms with E-state index in [1.807, 2.05) is 27.8 Å². The van der Waals surface area contributed by atoms with Crippen LogP contribution < -0.4 is 0 Å². The summed E-state index contributed by atoms with van der Waals surface area (Å²) in [6.07, 6.45) is 14.4. The first-order valence-corrected chi connectivity index (χ1v) is 11.2. The van der Waals surface area contributed by atoms with Crippen molar-refractivity contribution in [2.75, 3.05) is 0 Å². The average Bonchev–Trinajstić information content (AvgIpc) is 3.46. The number of hydrogen-bond donors (Lipinski definition) is 0. The molecule has 0 aliphatic heterocycles. The van der Waals surface area contributed by atoms with Gasteiger partial charge in [-0.05, 0) is 41.9 Å². The van der Waals surface area contributed by atoms with Crippen LogP contribution in [0.2, 0.25) is 0 Å². The predicted octanol–water partition coefficient (Wildman–Crippen LogP) is 5.62. The molecule has 3 aromatic heterocycles. The molecule has 0 bridgehead atoms. The molecule has 0 radical (unpaired) electrons. The Kier molecular flexibility index (Phi) is 5.32. The van der Waals surface area contributed by atoms with Crippen molar-refractivity contribution >= 4 is 11.1 Å². The summed E-state index contributed by atoms with van der Waals surface area (Å²) >= 11 is 0. The zero-order valence-electron chi connectivity index (χ0n) is 18.4. The highest BCUT2D eigenvalue weighted by Gasteiger charge is 2.20. The standard InChI is InChI=1S/C26H26N6/c1-18(2)16-31-17-23(14-29-31)20-7-9-21(10-8-20)24-15-30-32-12-11-28-25(26(24)32)22-5-3-19(13-27)4-6-22/h5,7-12,14-15,17-19H,3-4,6,16H2,1-2H3. The first-order chi connectivity index (χ1) is 15.6. The number of rotatable bonds is 5. The van der Waals surface area contributed by atoms with Gasteiger partial charge in [0.1, 0.15) is 0 Å². The molecule has 5 rings (SSSR count). The van der Waals surface area contributed by atoms with Crippen LogP contribution in [-0.2, 0) is 6.54 Å². The predicted molar refractivity (Wildman–Crippen MR) is 125 cm³/mol. The van der Waals surface area contributed by atoms with Crippen LogP contribution in [0, 0.1) is 23.2 Å². The van der Waals surface area contributed by atoms with E-state index in [1.165, 1.54) is 5.57 Å². The zero-order valence-corrected chi connectivity index (χ0v) is 18.4. The van der Waals surface area contributed by atoms with Gasteiger partial charge in [0.2, 0.25) is 0 Å². The van der Waals surface area contributed by atoms with Crippen molar-refractivity contribution in [3.8, 4) is 28.3 Å². The summed E-state index contributed by atoms with van der Waals surface area (Å²) in [5, 5.41) is 18.3. The number of allylic oxidation sites excluding steroid dienone is 2. The minimum Gasteiger partial charge on any atom is -0.272 e. The molecule has 6 heteroatoms. The molecular weight excluding hydrogens is 396 g/mol. The summed E-state index contributed by atoms with van der Waals surface area (Å²) in [7, 11) is 0. The minimum atomic E-state index is 0.111. The lowest BCUT2D eigenvalue weighted by atomic mass is 9.88. The van der Waals surface area contributed by atoms with Gasteiger partial charge < -0.3 is 0 Å². The van der Waals surface area contributed by atoms with E-state index in [0.29, 0.717) is 5.92 Å². The van der Waals surface area contributed by atoms with Gasteiger partial charge in [-0.2, -0.15) is 15.5 Å². The topological polar surface area (TPSA) is 71.8 Å². The SMILES string of the molecule is CC(C)Cn1cc(-c2ccc(-c3cnn4ccnc(C5=CCC(C#N)CC5)c34)cc2)cn1. The van der Waals surface area contributed by atoms with Crippen LogP contribution >= 0.6 is 0 Å². The maximum Gasteiger partial charge on any atom is 0.0999 e. The highest BCUT2D eigenvalue weighted by Crippen LogP contribution is 2.35. The van der Waals surface area contributed by atoms with Crippen LogP contribution in [0.3, 0.4) is 0 Å². The van der Waals surface area contributed by atoms with E-state index in [9.17, 15) is 5.26 Å². The van der Waals surface area contributed by atoms with Crippen molar-refractivity contribution in [1.82, 2.24) is 24.4 Å². The molecule has 1 aliphatic carbocycles. The third-order valence-electron chi connectivity index (χ3n) is 6.04. The average molecular weight is 423 g/mol. The molecule has 160 valence electrons. The monoisotopic (exact) mass is 422 g/mol. The summed E-state index contributed by atoms with van der Waals surface area (Å²) in [5.41, 5.74) is 7.65. The lowest BCUT2D eigenvalue weighted by Gasteiger charge is -2.17. The van der Waals surface area contributed by atoms with Gasteiger partial charge in [0.05, 0.1) is 35.6 Å². The van der Waals surface area contributed by atoms with Crippen molar-refractivity contribution in [2.24, 2.45) is 11.8 Å². The molecule has 1 atom stereocenters. The molecule has 0 spiro atoms. The van der Waals surface area contributed by atoms with Crippen molar-refractivity contribution in [2.45, 2.75) is 39.7 Å². The van der Waals surface area contributed by atoms with Gasteiger partial charge in [-0.1, -0.05) is 44.2 Å². The van der Waals surface area contributed by atoms with Gasteiger partial charge in [0.15, 0.2) is 0 Å². The van der Waals surface area contributed by atoms with Gasteiger partial charge in [0, 0.05) is 36.3 Å². The van der Waals surface area contributed by atoms with Crippen LogP contribution in [0.15, 0.2) is 61.3 Å². The van der Waals surface area contributed by atoms with E-state index in [0.717, 1.165) is 59.3 Å². The van der Waals surface area contributed by atoms with Crippen LogP contribution in [0.4, 0.5) is 0 Å². The summed E-state index contributed by atoms with van der Waals surface area (Å²) < 4.78 is 3.91. The molecule has 32 heavy (non-hydrogen) atoms. The molecule has 4 aromatic rings. The van der Waals surface area contributed by atoms with Gasteiger partial charge in [0.25, 0.3) is 0 Å². The maximum atomic E-state index is 9.21. The van der Waals surface area contributed by atoms with E-state index in [1.54, 1.807) is 6.20 Å². The molecule has 0 saturated carbocycles. The molecule has 3 heterocycles. The highest BCUT2D eigenvalue weighted by atomic mass is 15.3. The Bertz CT molecular complexity index is 1320. The summed E-state index contributed by atoms with van der Waals surface area (Å²) in [6.45, 7) is 5.31. The van der Waals surface area contributed by atoms with Gasteiger partial charge in [-0.3, -0.25) is 9.67 Å². The van der Waals surface area contributed by atoms with Gasteiger partial charge >= 0.3 is 0 Å². The fourth-order valence-electron chi connectivity index (χ4n) is 4.39. The lowest BCUT2D eigenvalue weighted by Crippen LogP contribution is -2.05. The highest BCUT2D eigenvalue weighted by molar-refractivity contribution is 5.89. The number of hydrogen-bond acceptors (Lipinski definition) is 4. The Morgan fingerprint density at radius 2 is 1.91 bits per heavy atom. The van der Waals surface area contributed by atoms with Crippen LogP contribution in [-0.4, -0.2) is 24.4 Å². The second kappa shape index (κ2) is 8.43.